The largest absolute Gasteiger partial charge is 0.476 e. The third-order valence-corrected chi connectivity index (χ3v) is 1.75. The number of hydrogen-bond acceptors (Lipinski definition) is 3. The maximum absolute atomic E-state index is 11.2. The maximum atomic E-state index is 11.2. The van der Waals surface area contributed by atoms with Crippen LogP contribution in [0.5, 0.6) is 0 Å². The number of rotatable bonds is 5. The van der Waals surface area contributed by atoms with Crippen LogP contribution in [0.15, 0.2) is 12.5 Å². The van der Waals surface area contributed by atoms with Crippen molar-refractivity contribution in [2.75, 3.05) is 6.54 Å². The van der Waals surface area contributed by atoms with Crippen LogP contribution in [-0.2, 0) is 11.3 Å². The van der Waals surface area contributed by atoms with Crippen LogP contribution in [0.1, 0.15) is 23.8 Å². The lowest BCUT2D eigenvalue weighted by molar-refractivity contribution is -0.121. The van der Waals surface area contributed by atoms with Crippen molar-refractivity contribution < 1.29 is 14.7 Å². The first kappa shape index (κ1) is 11.2. The van der Waals surface area contributed by atoms with Gasteiger partial charge in [-0.15, -0.1) is 0 Å². The molecule has 1 aromatic rings. The molecular weight excluding hydrogens is 198 g/mol. The summed E-state index contributed by atoms with van der Waals surface area (Å²) >= 11 is 0. The standard InChI is InChI=1S/C9H13N3O3/c1-2-3-10-8(13)5-12-4-7(9(14)15)11-6-12/h4,6H,2-3,5H2,1H3,(H,10,13)(H,14,15). The Hall–Kier alpha value is -1.85. The van der Waals surface area contributed by atoms with E-state index in [4.69, 9.17) is 5.11 Å². The molecule has 0 radical (unpaired) electrons. The van der Waals surface area contributed by atoms with Gasteiger partial charge in [-0.3, -0.25) is 4.79 Å². The van der Waals surface area contributed by atoms with E-state index >= 15 is 0 Å². The van der Waals surface area contributed by atoms with Gasteiger partial charge in [0.2, 0.25) is 5.91 Å². The number of carbonyl (C=O) groups is 2. The normalized spacial score (nSPS) is 9.93. The van der Waals surface area contributed by atoms with Crippen LogP contribution in [0.3, 0.4) is 0 Å². The van der Waals surface area contributed by atoms with Crippen molar-refractivity contribution in [2.24, 2.45) is 0 Å². The van der Waals surface area contributed by atoms with Crippen LogP contribution in [-0.4, -0.2) is 33.1 Å². The number of amides is 1. The van der Waals surface area contributed by atoms with E-state index in [2.05, 4.69) is 10.3 Å². The highest BCUT2D eigenvalue weighted by Gasteiger charge is 2.08. The van der Waals surface area contributed by atoms with Gasteiger partial charge in [-0.25, -0.2) is 9.78 Å². The third kappa shape index (κ3) is 3.41. The number of nitrogens with zero attached hydrogens (tertiary/aromatic N) is 2. The van der Waals surface area contributed by atoms with Gasteiger partial charge in [-0.05, 0) is 6.42 Å². The van der Waals surface area contributed by atoms with E-state index in [-0.39, 0.29) is 18.1 Å². The molecule has 1 amide bonds. The summed E-state index contributed by atoms with van der Waals surface area (Å²) in [6, 6.07) is 0. The summed E-state index contributed by atoms with van der Waals surface area (Å²) in [5, 5.41) is 11.3. The Balaban J connectivity index is 2.50. The molecule has 0 aliphatic heterocycles. The van der Waals surface area contributed by atoms with Crippen molar-refractivity contribution in [1.29, 1.82) is 0 Å². The molecule has 6 nitrogen and oxygen atoms in total. The molecule has 1 rings (SSSR count). The second kappa shape index (κ2) is 5.14. The first-order valence-electron chi connectivity index (χ1n) is 4.65. The van der Waals surface area contributed by atoms with E-state index in [9.17, 15) is 9.59 Å². The van der Waals surface area contributed by atoms with Crippen molar-refractivity contribution in [2.45, 2.75) is 19.9 Å². The van der Waals surface area contributed by atoms with E-state index in [0.29, 0.717) is 6.54 Å². The molecule has 0 unspecified atom stereocenters. The molecule has 0 saturated heterocycles. The van der Waals surface area contributed by atoms with Gasteiger partial charge in [0.25, 0.3) is 0 Å². The summed E-state index contributed by atoms with van der Waals surface area (Å²) in [7, 11) is 0. The van der Waals surface area contributed by atoms with Crippen LogP contribution < -0.4 is 5.32 Å². The quantitative estimate of drug-likeness (QED) is 0.723. The lowest BCUT2D eigenvalue weighted by Crippen LogP contribution is -2.27. The zero-order chi connectivity index (χ0) is 11.3. The van der Waals surface area contributed by atoms with Crippen LogP contribution in [0.2, 0.25) is 0 Å². The molecular formula is C9H13N3O3. The van der Waals surface area contributed by atoms with Crippen molar-refractivity contribution in [3.8, 4) is 0 Å². The SMILES string of the molecule is CCCNC(=O)Cn1cnc(C(=O)O)c1. The fraction of sp³-hybridized carbons (Fsp3) is 0.444. The highest BCUT2D eigenvalue weighted by molar-refractivity contribution is 5.85. The summed E-state index contributed by atoms with van der Waals surface area (Å²) in [6.45, 7) is 2.68. The Morgan fingerprint density at radius 2 is 2.33 bits per heavy atom. The molecule has 0 atom stereocenters. The topological polar surface area (TPSA) is 84.2 Å². The number of aromatic carboxylic acids is 1. The minimum absolute atomic E-state index is 0.0571. The number of imidazole rings is 1. The van der Waals surface area contributed by atoms with Gasteiger partial charge < -0.3 is 15.0 Å². The van der Waals surface area contributed by atoms with Crippen molar-refractivity contribution in [3.05, 3.63) is 18.2 Å². The van der Waals surface area contributed by atoms with Crippen LogP contribution in [0.25, 0.3) is 0 Å². The van der Waals surface area contributed by atoms with Gasteiger partial charge in [-0.2, -0.15) is 0 Å². The van der Waals surface area contributed by atoms with Crippen molar-refractivity contribution in [1.82, 2.24) is 14.9 Å². The summed E-state index contributed by atoms with van der Waals surface area (Å²) in [5.74, 6) is -1.24. The van der Waals surface area contributed by atoms with E-state index in [0.717, 1.165) is 6.42 Å². The smallest absolute Gasteiger partial charge is 0.356 e. The average molecular weight is 211 g/mol. The second-order valence-electron chi connectivity index (χ2n) is 3.09. The number of nitrogens with one attached hydrogen (secondary N) is 1. The number of carboxylic acids is 1. The zero-order valence-electron chi connectivity index (χ0n) is 8.43. The van der Waals surface area contributed by atoms with E-state index in [1.165, 1.54) is 17.1 Å². The molecule has 0 saturated carbocycles. The van der Waals surface area contributed by atoms with Gasteiger partial charge in [0.05, 0.1) is 6.33 Å². The van der Waals surface area contributed by atoms with E-state index in [1.54, 1.807) is 0 Å². The van der Waals surface area contributed by atoms with Crippen LogP contribution in [0.4, 0.5) is 0 Å². The predicted molar refractivity (Wildman–Crippen MR) is 52.5 cm³/mol. The fourth-order valence-electron chi connectivity index (χ4n) is 1.04. The molecule has 0 fully saturated rings. The molecule has 0 spiro atoms. The molecule has 15 heavy (non-hydrogen) atoms. The second-order valence-corrected chi connectivity index (χ2v) is 3.09. The first-order chi connectivity index (χ1) is 7.13. The number of carboxylic acid groups (broad SMARTS) is 1. The Labute approximate surface area is 86.9 Å². The molecule has 1 heterocycles. The number of carbonyl (C=O) groups excluding carboxylic acids is 1. The summed E-state index contributed by atoms with van der Waals surface area (Å²) < 4.78 is 1.44. The Morgan fingerprint density at radius 1 is 1.60 bits per heavy atom. The first-order valence-corrected chi connectivity index (χ1v) is 4.65. The molecule has 6 heteroatoms. The minimum atomic E-state index is -1.09. The molecule has 2 N–H and O–H groups in total. The summed E-state index contributed by atoms with van der Waals surface area (Å²) in [4.78, 5) is 25.4. The number of aromatic nitrogens is 2. The summed E-state index contributed by atoms with van der Waals surface area (Å²) in [6.07, 6.45) is 3.53. The molecule has 0 aliphatic rings. The third-order valence-electron chi connectivity index (χ3n) is 1.75. The predicted octanol–water partition coefficient (Wildman–Crippen LogP) is 0.107. The minimum Gasteiger partial charge on any atom is -0.476 e. The van der Waals surface area contributed by atoms with Crippen LogP contribution in [0, 0.1) is 0 Å². The van der Waals surface area contributed by atoms with E-state index < -0.39 is 5.97 Å². The highest BCUT2D eigenvalue weighted by atomic mass is 16.4. The highest BCUT2D eigenvalue weighted by Crippen LogP contribution is 1.95. The summed E-state index contributed by atoms with van der Waals surface area (Å²) in [5.41, 5.74) is -0.0571. The zero-order valence-corrected chi connectivity index (χ0v) is 8.43. The number of hydrogen-bond donors (Lipinski definition) is 2. The monoisotopic (exact) mass is 211 g/mol. The average Bonchev–Trinajstić information content (AvgIpc) is 2.63. The van der Waals surface area contributed by atoms with Gasteiger partial charge in [-0.1, -0.05) is 6.92 Å². The van der Waals surface area contributed by atoms with Crippen molar-refractivity contribution >= 4 is 11.9 Å². The van der Waals surface area contributed by atoms with E-state index in [1.807, 2.05) is 6.92 Å². The van der Waals surface area contributed by atoms with Gasteiger partial charge in [0.15, 0.2) is 5.69 Å². The van der Waals surface area contributed by atoms with Gasteiger partial charge in [0, 0.05) is 12.7 Å². The molecule has 1 aromatic heterocycles. The Morgan fingerprint density at radius 3 is 2.87 bits per heavy atom. The lowest BCUT2D eigenvalue weighted by atomic mass is 10.4. The Kier molecular flexibility index (Phi) is 3.84. The Bertz CT molecular complexity index is 359. The lowest BCUT2D eigenvalue weighted by Gasteiger charge is -2.02. The maximum Gasteiger partial charge on any atom is 0.356 e. The molecule has 82 valence electrons. The van der Waals surface area contributed by atoms with Crippen LogP contribution >= 0.6 is 0 Å². The molecule has 0 aliphatic carbocycles. The molecule has 0 bridgehead atoms. The van der Waals surface area contributed by atoms with Gasteiger partial charge >= 0.3 is 5.97 Å². The van der Waals surface area contributed by atoms with Crippen molar-refractivity contribution in [3.63, 3.8) is 0 Å². The van der Waals surface area contributed by atoms with Gasteiger partial charge in [0.1, 0.15) is 6.54 Å². The molecule has 0 aromatic carbocycles. The fourth-order valence-corrected chi connectivity index (χ4v) is 1.04.